The summed E-state index contributed by atoms with van der Waals surface area (Å²) in [5.74, 6) is -0.763. The number of phenolic OH excluding ortho intramolecular Hbond substituents is 1. The van der Waals surface area contributed by atoms with Gasteiger partial charge in [0.1, 0.15) is 17.3 Å². The zero-order chi connectivity index (χ0) is 21.8. The molecule has 0 aliphatic carbocycles. The summed E-state index contributed by atoms with van der Waals surface area (Å²) in [6.07, 6.45) is 1.16. The number of non-ortho nitro benzene ring substituents is 2. The summed E-state index contributed by atoms with van der Waals surface area (Å²) in [4.78, 5) is 32.4. The number of benzene rings is 2. The number of nitrogens with zero attached hydrogens (tertiary/aromatic N) is 3. The van der Waals surface area contributed by atoms with E-state index in [1.165, 1.54) is 24.3 Å². The van der Waals surface area contributed by atoms with E-state index in [1.54, 1.807) is 6.07 Å². The zero-order valence-corrected chi connectivity index (χ0v) is 15.6. The average Bonchev–Trinajstić information content (AvgIpc) is 3.16. The van der Waals surface area contributed by atoms with Gasteiger partial charge in [-0.3, -0.25) is 25.0 Å². The number of carbonyl (C=O) groups is 1. The lowest BCUT2D eigenvalue weighted by atomic mass is 10.1. The molecular formula is C18H11ClN4O7. The van der Waals surface area contributed by atoms with Crippen molar-refractivity contribution in [1.82, 2.24) is 5.43 Å². The van der Waals surface area contributed by atoms with Crippen LogP contribution in [0.3, 0.4) is 0 Å². The number of amides is 1. The molecule has 30 heavy (non-hydrogen) atoms. The molecule has 0 unspecified atom stereocenters. The molecule has 1 heterocycles. The summed E-state index contributed by atoms with van der Waals surface area (Å²) < 4.78 is 5.52. The maximum atomic E-state index is 12.1. The van der Waals surface area contributed by atoms with E-state index in [9.17, 15) is 30.1 Å². The molecular weight excluding hydrogens is 420 g/mol. The Hall–Kier alpha value is -4.25. The van der Waals surface area contributed by atoms with Gasteiger partial charge in [-0.25, -0.2) is 5.43 Å². The minimum atomic E-state index is -0.863. The van der Waals surface area contributed by atoms with Gasteiger partial charge in [0.25, 0.3) is 17.3 Å². The first-order valence-corrected chi connectivity index (χ1v) is 8.49. The minimum absolute atomic E-state index is 0.122. The number of nitro groups is 2. The molecule has 12 heteroatoms. The van der Waals surface area contributed by atoms with Crippen molar-refractivity contribution in [2.45, 2.75) is 0 Å². The molecule has 0 spiro atoms. The fourth-order valence-electron chi connectivity index (χ4n) is 2.42. The Balaban J connectivity index is 1.72. The van der Waals surface area contributed by atoms with Crippen LogP contribution in [0, 0.1) is 20.2 Å². The summed E-state index contributed by atoms with van der Waals surface area (Å²) in [7, 11) is 0. The van der Waals surface area contributed by atoms with E-state index in [2.05, 4.69) is 10.5 Å². The van der Waals surface area contributed by atoms with Crippen LogP contribution in [0.25, 0.3) is 11.3 Å². The van der Waals surface area contributed by atoms with Gasteiger partial charge < -0.3 is 9.52 Å². The molecule has 0 saturated carbocycles. The predicted octanol–water partition coefficient (Wildman–Crippen LogP) is 3.89. The van der Waals surface area contributed by atoms with Gasteiger partial charge >= 0.3 is 0 Å². The lowest BCUT2D eigenvalue weighted by molar-refractivity contribution is -0.385. The number of aromatic hydroxyl groups is 1. The third-order valence-electron chi connectivity index (χ3n) is 3.85. The Morgan fingerprint density at radius 3 is 2.40 bits per heavy atom. The first-order chi connectivity index (χ1) is 14.3. The van der Waals surface area contributed by atoms with Crippen LogP contribution in [-0.4, -0.2) is 27.1 Å². The summed E-state index contributed by atoms with van der Waals surface area (Å²) in [5.41, 5.74) is 1.70. The van der Waals surface area contributed by atoms with Crippen LogP contribution < -0.4 is 5.43 Å². The number of nitrogens with one attached hydrogen (secondary N) is 1. The van der Waals surface area contributed by atoms with Gasteiger partial charge in [-0.05, 0) is 24.3 Å². The molecule has 2 N–H and O–H groups in total. The highest BCUT2D eigenvalue weighted by atomic mass is 35.5. The molecule has 1 amide bonds. The van der Waals surface area contributed by atoms with E-state index in [1.807, 2.05) is 0 Å². The summed E-state index contributed by atoms with van der Waals surface area (Å²) in [5, 5.41) is 35.1. The molecule has 0 bridgehead atoms. The molecule has 1 aromatic heterocycles. The van der Waals surface area contributed by atoms with Crippen molar-refractivity contribution in [3.63, 3.8) is 0 Å². The highest BCUT2D eigenvalue weighted by Gasteiger charge is 2.16. The smallest absolute Gasteiger partial charge is 0.275 e. The van der Waals surface area contributed by atoms with Gasteiger partial charge in [0.2, 0.25) is 0 Å². The SMILES string of the molecule is O=C(N/N=C\c1ccc(-c2ccc([N+](=O)[O-])cc2Cl)o1)c1cc([N+](=O)[O-])ccc1O. The Morgan fingerprint density at radius 2 is 1.73 bits per heavy atom. The second-order valence-electron chi connectivity index (χ2n) is 5.78. The van der Waals surface area contributed by atoms with Crippen LogP contribution in [0.1, 0.15) is 16.1 Å². The predicted molar refractivity (Wildman–Crippen MR) is 106 cm³/mol. The number of furan rings is 1. The quantitative estimate of drug-likeness (QED) is 0.340. The number of phenols is 1. The van der Waals surface area contributed by atoms with Crippen molar-refractivity contribution in [3.8, 4) is 17.1 Å². The molecule has 0 fully saturated rings. The number of halogens is 1. The lowest BCUT2D eigenvalue weighted by Gasteiger charge is -2.02. The Kier molecular flexibility index (Phi) is 5.74. The van der Waals surface area contributed by atoms with Crippen molar-refractivity contribution >= 4 is 35.1 Å². The molecule has 0 aliphatic heterocycles. The molecule has 3 aromatic rings. The molecule has 0 aliphatic rings. The van der Waals surface area contributed by atoms with Crippen molar-refractivity contribution in [3.05, 3.63) is 85.1 Å². The van der Waals surface area contributed by atoms with Crippen molar-refractivity contribution in [1.29, 1.82) is 0 Å². The summed E-state index contributed by atoms with van der Waals surface area (Å²) in [6, 6.07) is 10.00. The second-order valence-corrected chi connectivity index (χ2v) is 6.19. The standard InChI is InChI=1S/C18H11ClN4O7/c19-15-8-11(23(28)29)1-4-13(15)17-6-3-12(30-17)9-20-21-18(25)14-7-10(22(26)27)2-5-16(14)24/h1-9,24H,(H,21,25)/b20-9-. The van der Waals surface area contributed by atoms with Crippen LogP contribution in [-0.2, 0) is 0 Å². The third-order valence-corrected chi connectivity index (χ3v) is 4.16. The van der Waals surface area contributed by atoms with Crippen LogP contribution in [0.2, 0.25) is 5.02 Å². The maximum Gasteiger partial charge on any atom is 0.275 e. The van der Waals surface area contributed by atoms with E-state index in [4.69, 9.17) is 16.0 Å². The van der Waals surface area contributed by atoms with Crippen LogP contribution in [0.5, 0.6) is 5.75 Å². The van der Waals surface area contributed by atoms with E-state index in [0.29, 0.717) is 11.3 Å². The zero-order valence-electron chi connectivity index (χ0n) is 14.8. The van der Waals surface area contributed by atoms with Gasteiger partial charge in [0, 0.05) is 29.8 Å². The van der Waals surface area contributed by atoms with Gasteiger partial charge in [0.05, 0.1) is 26.6 Å². The van der Waals surface area contributed by atoms with E-state index < -0.39 is 21.5 Å². The number of rotatable bonds is 6. The van der Waals surface area contributed by atoms with E-state index in [0.717, 1.165) is 24.4 Å². The number of nitro benzene ring substituents is 2. The lowest BCUT2D eigenvalue weighted by Crippen LogP contribution is -2.17. The molecule has 0 radical (unpaired) electrons. The molecule has 2 aromatic carbocycles. The number of hydrogen-bond acceptors (Lipinski definition) is 8. The maximum absolute atomic E-state index is 12.1. The van der Waals surface area contributed by atoms with Crippen LogP contribution in [0.15, 0.2) is 58.0 Å². The van der Waals surface area contributed by atoms with Crippen molar-refractivity contribution < 1.29 is 24.2 Å². The molecule has 152 valence electrons. The fraction of sp³-hybridized carbons (Fsp3) is 0. The van der Waals surface area contributed by atoms with Crippen molar-refractivity contribution in [2.24, 2.45) is 5.10 Å². The third kappa shape index (κ3) is 4.42. The monoisotopic (exact) mass is 430 g/mol. The number of carbonyl (C=O) groups excluding carboxylic acids is 1. The summed E-state index contributed by atoms with van der Waals surface area (Å²) in [6.45, 7) is 0. The topological polar surface area (TPSA) is 161 Å². The fourth-order valence-corrected chi connectivity index (χ4v) is 2.69. The molecule has 0 saturated heterocycles. The van der Waals surface area contributed by atoms with E-state index >= 15 is 0 Å². The second kappa shape index (κ2) is 8.41. The van der Waals surface area contributed by atoms with Gasteiger partial charge in [0.15, 0.2) is 0 Å². The molecule has 0 atom stereocenters. The number of hydrazone groups is 1. The van der Waals surface area contributed by atoms with Crippen LogP contribution in [0.4, 0.5) is 11.4 Å². The summed E-state index contributed by atoms with van der Waals surface area (Å²) >= 11 is 6.05. The average molecular weight is 431 g/mol. The first kappa shape index (κ1) is 20.5. The largest absolute Gasteiger partial charge is 0.507 e. The first-order valence-electron chi connectivity index (χ1n) is 8.11. The highest BCUT2D eigenvalue weighted by Crippen LogP contribution is 2.32. The van der Waals surface area contributed by atoms with Gasteiger partial charge in [-0.2, -0.15) is 5.10 Å². The highest BCUT2D eigenvalue weighted by molar-refractivity contribution is 6.33. The Labute approximate surface area is 172 Å². The van der Waals surface area contributed by atoms with Crippen molar-refractivity contribution in [2.75, 3.05) is 0 Å². The van der Waals surface area contributed by atoms with Gasteiger partial charge in [-0.15, -0.1) is 0 Å². The normalized spacial score (nSPS) is 10.8. The molecule has 11 nitrogen and oxygen atoms in total. The van der Waals surface area contributed by atoms with E-state index in [-0.39, 0.29) is 27.7 Å². The van der Waals surface area contributed by atoms with Crippen LogP contribution >= 0.6 is 11.6 Å². The Morgan fingerprint density at radius 1 is 1.07 bits per heavy atom. The molecule has 3 rings (SSSR count). The Bertz CT molecular complexity index is 1190. The minimum Gasteiger partial charge on any atom is -0.507 e. The van der Waals surface area contributed by atoms with Gasteiger partial charge in [-0.1, -0.05) is 11.6 Å². The number of hydrogen-bond donors (Lipinski definition) is 2.